The number of hydrogen-bond donors (Lipinski definition) is 1. The molecule has 0 radical (unpaired) electrons. The lowest BCUT2D eigenvalue weighted by molar-refractivity contribution is -0.145. The van der Waals surface area contributed by atoms with E-state index in [2.05, 4.69) is 15.9 Å². The summed E-state index contributed by atoms with van der Waals surface area (Å²) in [5, 5.41) is 10.5. The first-order valence-electron chi connectivity index (χ1n) is 4.23. The Morgan fingerprint density at radius 3 is 2.86 bits per heavy atom. The van der Waals surface area contributed by atoms with E-state index in [1.807, 2.05) is 11.4 Å². The zero-order valence-electron chi connectivity index (χ0n) is 7.33. The highest BCUT2D eigenvalue weighted by molar-refractivity contribution is 9.10. The predicted molar refractivity (Wildman–Crippen MR) is 56.5 cm³/mol. The van der Waals surface area contributed by atoms with Gasteiger partial charge in [0.2, 0.25) is 0 Å². The smallest absolute Gasteiger partial charge is 0.329 e. The minimum atomic E-state index is -0.913. The molecule has 0 aliphatic heterocycles. The maximum absolute atomic E-state index is 10.4. The molecule has 76 valence electrons. The van der Waals surface area contributed by atoms with Gasteiger partial charge < -0.3 is 9.84 Å². The van der Waals surface area contributed by atoms with Gasteiger partial charge in [0.25, 0.3) is 0 Å². The molecule has 1 saturated carbocycles. The molecule has 1 fully saturated rings. The number of thiophene rings is 1. The van der Waals surface area contributed by atoms with Gasteiger partial charge in [-0.3, -0.25) is 0 Å². The maximum atomic E-state index is 10.4. The third-order valence-corrected chi connectivity index (χ3v) is 4.23. The summed E-state index contributed by atoms with van der Waals surface area (Å²) in [5.41, 5.74) is -0.314. The second-order valence-corrected chi connectivity index (χ2v) is 5.04. The molecule has 3 nitrogen and oxygen atoms in total. The van der Waals surface area contributed by atoms with Crippen LogP contribution in [0.3, 0.4) is 0 Å². The van der Waals surface area contributed by atoms with E-state index in [0.29, 0.717) is 0 Å². The topological polar surface area (TPSA) is 46.5 Å². The van der Waals surface area contributed by atoms with Crippen LogP contribution in [0.2, 0.25) is 0 Å². The Hall–Kier alpha value is -0.390. The summed E-state index contributed by atoms with van der Waals surface area (Å²) in [4.78, 5) is 11.5. The first-order valence-corrected chi connectivity index (χ1v) is 5.90. The molecule has 0 bridgehead atoms. The van der Waals surface area contributed by atoms with Crippen LogP contribution in [0.15, 0.2) is 15.9 Å². The minimum absolute atomic E-state index is 0.218. The SMILES string of the molecule is O=C(O)COC1(c2sccc2Br)CC1. The summed E-state index contributed by atoms with van der Waals surface area (Å²) >= 11 is 5.04. The van der Waals surface area contributed by atoms with Crippen LogP contribution < -0.4 is 0 Å². The van der Waals surface area contributed by atoms with Crippen LogP contribution in [0, 0.1) is 0 Å². The molecule has 2 rings (SSSR count). The molecule has 14 heavy (non-hydrogen) atoms. The van der Waals surface area contributed by atoms with Crippen molar-refractivity contribution >= 4 is 33.2 Å². The van der Waals surface area contributed by atoms with Crippen LogP contribution in [0.25, 0.3) is 0 Å². The summed E-state index contributed by atoms with van der Waals surface area (Å²) in [6.07, 6.45) is 1.83. The number of halogens is 1. The molecule has 0 aromatic carbocycles. The molecule has 0 amide bonds. The number of ether oxygens (including phenoxy) is 1. The molecule has 1 aliphatic carbocycles. The molecule has 1 aliphatic rings. The molecule has 0 saturated heterocycles. The molecule has 1 aromatic heterocycles. The normalized spacial score (nSPS) is 18.1. The molecule has 0 unspecified atom stereocenters. The van der Waals surface area contributed by atoms with E-state index < -0.39 is 5.97 Å². The number of rotatable bonds is 4. The number of carbonyl (C=O) groups is 1. The van der Waals surface area contributed by atoms with E-state index in [9.17, 15) is 4.79 Å². The Morgan fingerprint density at radius 1 is 1.71 bits per heavy atom. The Balaban J connectivity index is 2.10. The average Bonchev–Trinajstić information content (AvgIpc) is 2.80. The third-order valence-electron chi connectivity index (χ3n) is 2.21. The van der Waals surface area contributed by atoms with Gasteiger partial charge in [0.15, 0.2) is 0 Å². The van der Waals surface area contributed by atoms with Gasteiger partial charge in [-0.15, -0.1) is 11.3 Å². The largest absolute Gasteiger partial charge is 0.480 e. The zero-order valence-corrected chi connectivity index (χ0v) is 9.73. The predicted octanol–water partition coefficient (Wildman–Crippen LogP) is 2.60. The van der Waals surface area contributed by atoms with Gasteiger partial charge in [-0.25, -0.2) is 4.79 Å². The summed E-state index contributed by atoms with van der Waals surface area (Å²) < 4.78 is 6.43. The van der Waals surface area contributed by atoms with E-state index in [1.165, 1.54) is 0 Å². The molecule has 1 N–H and O–H groups in total. The second-order valence-electron chi connectivity index (χ2n) is 3.27. The van der Waals surface area contributed by atoms with Crippen LogP contribution in [-0.2, 0) is 15.1 Å². The lowest BCUT2D eigenvalue weighted by atomic mass is 10.3. The van der Waals surface area contributed by atoms with Crippen molar-refractivity contribution in [2.75, 3.05) is 6.61 Å². The Kier molecular flexibility index (Phi) is 2.64. The average molecular weight is 277 g/mol. The molecule has 0 spiro atoms. The Labute approximate surface area is 93.8 Å². The van der Waals surface area contributed by atoms with Crippen LogP contribution in [0.4, 0.5) is 0 Å². The zero-order chi connectivity index (χ0) is 10.2. The van der Waals surface area contributed by atoms with Gasteiger partial charge in [-0.1, -0.05) is 0 Å². The van der Waals surface area contributed by atoms with Crippen molar-refractivity contribution in [1.29, 1.82) is 0 Å². The first-order chi connectivity index (χ1) is 6.64. The van der Waals surface area contributed by atoms with E-state index in [0.717, 1.165) is 22.2 Å². The van der Waals surface area contributed by atoms with E-state index >= 15 is 0 Å². The summed E-state index contributed by atoms with van der Waals surface area (Å²) in [7, 11) is 0. The van der Waals surface area contributed by atoms with Crippen molar-refractivity contribution in [1.82, 2.24) is 0 Å². The van der Waals surface area contributed by atoms with Gasteiger partial charge in [0, 0.05) is 4.47 Å². The Morgan fingerprint density at radius 2 is 2.43 bits per heavy atom. The molecule has 0 atom stereocenters. The van der Waals surface area contributed by atoms with Gasteiger partial charge in [-0.2, -0.15) is 0 Å². The van der Waals surface area contributed by atoms with Gasteiger partial charge in [-0.05, 0) is 40.2 Å². The third kappa shape index (κ3) is 1.85. The van der Waals surface area contributed by atoms with Crippen molar-refractivity contribution in [2.24, 2.45) is 0 Å². The maximum Gasteiger partial charge on any atom is 0.329 e. The Bertz CT molecular complexity index is 357. The van der Waals surface area contributed by atoms with Crippen molar-refractivity contribution in [3.05, 3.63) is 20.8 Å². The second kappa shape index (κ2) is 3.64. The highest BCUT2D eigenvalue weighted by Crippen LogP contribution is 2.53. The van der Waals surface area contributed by atoms with Crippen LogP contribution >= 0.6 is 27.3 Å². The van der Waals surface area contributed by atoms with Gasteiger partial charge in [0.1, 0.15) is 12.2 Å². The quantitative estimate of drug-likeness (QED) is 0.920. The first kappa shape index (κ1) is 10.1. The van der Waals surface area contributed by atoms with Gasteiger partial charge in [0.05, 0.1) is 4.88 Å². The van der Waals surface area contributed by atoms with Crippen LogP contribution in [0.5, 0.6) is 0 Å². The fourth-order valence-electron chi connectivity index (χ4n) is 1.37. The molecular formula is C9H9BrO3S. The molecular weight excluding hydrogens is 268 g/mol. The molecule has 5 heteroatoms. The lowest BCUT2D eigenvalue weighted by Crippen LogP contribution is -2.16. The fourth-order valence-corrected chi connectivity index (χ4v) is 3.32. The highest BCUT2D eigenvalue weighted by atomic mass is 79.9. The summed E-state index contributed by atoms with van der Waals surface area (Å²) in [6.45, 7) is -0.218. The summed E-state index contributed by atoms with van der Waals surface area (Å²) in [5.74, 6) is -0.913. The number of hydrogen-bond acceptors (Lipinski definition) is 3. The standard InChI is InChI=1S/C9H9BrO3S/c10-6-1-4-14-8(6)9(2-3-9)13-5-7(11)12/h1,4H,2-3,5H2,(H,11,12). The van der Waals surface area contributed by atoms with Crippen molar-refractivity contribution in [3.8, 4) is 0 Å². The number of carboxylic acids is 1. The van der Waals surface area contributed by atoms with Crippen LogP contribution in [0.1, 0.15) is 17.7 Å². The van der Waals surface area contributed by atoms with E-state index in [4.69, 9.17) is 9.84 Å². The monoisotopic (exact) mass is 276 g/mol. The summed E-state index contributed by atoms with van der Waals surface area (Å²) in [6, 6.07) is 1.96. The highest BCUT2D eigenvalue weighted by Gasteiger charge is 2.48. The van der Waals surface area contributed by atoms with E-state index in [-0.39, 0.29) is 12.2 Å². The molecule has 1 aromatic rings. The van der Waals surface area contributed by atoms with Crippen molar-refractivity contribution in [3.63, 3.8) is 0 Å². The fraction of sp³-hybridized carbons (Fsp3) is 0.444. The minimum Gasteiger partial charge on any atom is -0.480 e. The molecule has 1 heterocycles. The van der Waals surface area contributed by atoms with Crippen molar-refractivity contribution in [2.45, 2.75) is 18.4 Å². The number of aliphatic carboxylic acids is 1. The van der Waals surface area contributed by atoms with E-state index in [1.54, 1.807) is 11.3 Å². The number of carboxylic acid groups (broad SMARTS) is 1. The van der Waals surface area contributed by atoms with Gasteiger partial charge >= 0.3 is 5.97 Å². The lowest BCUT2D eigenvalue weighted by Gasteiger charge is -2.13. The van der Waals surface area contributed by atoms with Crippen molar-refractivity contribution < 1.29 is 14.6 Å². The van der Waals surface area contributed by atoms with Crippen LogP contribution in [-0.4, -0.2) is 17.7 Å².